The van der Waals surface area contributed by atoms with E-state index in [0.717, 1.165) is 44.5 Å². The number of fused-ring (bicyclic) bond motifs is 3. The van der Waals surface area contributed by atoms with Gasteiger partial charge >= 0.3 is 16.5 Å². The van der Waals surface area contributed by atoms with Crippen molar-refractivity contribution in [3.63, 3.8) is 0 Å². The first kappa shape index (κ1) is 39.4. The minimum Gasteiger partial charge on any atom is -0.456 e. The van der Waals surface area contributed by atoms with Crippen molar-refractivity contribution in [3.05, 3.63) is 130 Å². The van der Waals surface area contributed by atoms with Crippen LogP contribution in [0.1, 0.15) is 74.9 Å². The van der Waals surface area contributed by atoms with Gasteiger partial charge in [0.05, 0.1) is 0 Å². The summed E-state index contributed by atoms with van der Waals surface area (Å²) in [5, 5.41) is 0. The fourth-order valence-electron chi connectivity index (χ4n) is 8.03. The lowest BCUT2D eigenvalue weighted by molar-refractivity contribution is 0.393. The number of benzene rings is 6. The van der Waals surface area contributed by atoms with Crippen molar-refractivity contribution < 1.29 is 36.7 Å². The number of para-hydroxylation sites is 4. The van der Waals surface area contributed by atoms with Crippen LogP contribution in [0.4, 0.5) is 0 Å². The minimum absolute atomic E-state index is 0.286. The van der Waals surface area contributed by atoms with Crippen LogP contribution in [-0.2, 0) is 20.0 Å². The number of ether oxygens (including phenoxy) is 2. The monoisotopic (exact) mass is 814 g/mol. The molecule has 4 heterocycles. The zero-order chi connectivity index (χ0) is 41.3. The summed E-state index contributed by atoms with van der Waals surface area (Å²) < 4.78 is 69.0. The first-order chi connectivity index (χ1) is 27.5. The van der Waals surface area contributed by atoms with Gasteiger partial charge in [-0.1, -0.05) is 114 Å². The summed E-state index contributed by atoms with van der Waals surface area (Å²) >= 11 is 0. The standard InChI is InChI=1S/C48H48O8P2/c1-27-29(3)43-41(47(5,6)7)45-39(27)40-28(2)30(4)44(55-57(49)53-37-25-17-13-21-33(37)31-19-11-15-23-35(31)51-43)42(48(8,9)10)46(40)56-58(50)54-38-26-18-14-22-34(38)32-20-12-16-24-36(32)52-45/h11-26,57-58H,1-10H3. The Labute approximate surface area is 342 Å². The molecule has 4 aliphatic rings. The number of hydrogen-bond acceptors (Lipinski definition) is 8. The van der Waals surface area contributed by atoms with Gasteiger partial charge in [-0.2, -0.15) is 0 Å². The van der Waals surface area contributed by atoms with Crippen molar-refractivity contribution >= 4 is 16.5 Å². The molecule has 0 radical (unpaired) electrons. The topological polar surface area (TPSA) is 89.5 Å². The molecular weight excluding hydrogens is 766 g/mol. The summed E-state index contributed by atoms with van der Waals surface area (Å²) in [5.41, 5.74) is 7.64. The Morgan fingerprint density at radius 1 is 0.379 bits per heavy atom. The summed E-state index contributed by atoms with van der Waals surface area (Å²) in [6.45, 7) is 20.5. The zero-order valence-electron chi connectivity index (χ0n) is 34.5. The van der Waals surface area contributed by atoms with E-state index in [2.05, 4.69) is 34.6 Å². The smallest absolute Gasteiger partial charge is 0.419 e. The minimum atomic E-state index is -3.32. The molecule has 0 saturated carbocycles. The highest BCUT2D eigenvalue weighted by atomic mass is 31.1. The Morgan fingerprint density at radius 3 is 1.16 bits per heavy atom. The molecule has 0 saturated heterocycles. The second-order valence-electron chi connectivity index (χ2n) is 16.9. The second-order valence-corrected chi connectivity index (χ2v) is 18.7. The van der Waals surface area contributed by atoms with Gasteiger partial charge in [0.15, 0.2) is 0 Å². The van der Waals surface area contributed by atoms with Crippen molar-refractivity contribution in [2.45, 2.75) is 80.1 Å². The third kappa shape index (κ3) is 6.86. The van der Waals surface area contributed by atoms with Gasteiger partial charge in [0.25, 0.3) is 0 Å². The van der Waals surface area contributed by atoms with Crippen molar-refractivity contribution in [2.75, 3.05) is 0 Å². The van der Waals surface area contributed by atoms with Crippen LogP contribution in [0.2, 0.25) is 0 Å². The molecule has 6 bridgehead atoms. The summed E-state index contributed by atoms with van der Waals surface area (Å²) in [6.07, 6.45) is 0. The van der Waals surface area contributed by atoms with Crippen LogP contribution >= 0.6 is 16.5 Å². The van der Waals surface area contributed by atoms with Gasteiger partial charge in [-0.15, -0.1) is 0 Å². The summed E-state index contributed by atoms with van der Waals surface area (Å²) in [4.78, 5) is 0. The van der Waals surface area contributed by atoms with Gasteiger partial charge in [0, 0.05) is 44.5 Å². The van der Waals surface area contributed by atoms with Gasteiger partial charge in [-0.05, 0) is 85.0 Å². The molecule has 0 aliphatic carbocycles. The van der Waals surface area contributed by atoms with E-state index >= 15 is 0 Å². The lowest BCUT2D eigenvalue weighted by Crippen LogP contribution is -2.19. The van der Waals surface area contributed by atoms with Crippen LogP contribution in [-0.4, -0.2) is 0 Å². The highest BCUT2D eigenvalue weighted by molar-refractivity contribution is 7.34. The van der Waals surface area contributed by atoms with Crippen molar-refractivity contribution in [1.82, 2.24) is 0 Å². The fourth-order valence-corrected chi connectivity index (χ4v) is 9.62. The van der Waals surface area contributed by atoms with Gasteiger partial charge < -0.3 is 27.6 Å². The maximum atomic E-state index is 14.5. The van der Waals surface area contributed by atoms with Crippen LogP contribution in [0.3, 0.4) is 0 Å². The molecule has 0 amide bonds. The Bertz CT molecular complexity index is 2690. The lowest BCUT2D eigenvalue weighted by atomic mass is 9.76. The van der Waals surface area contributed by atoms with Crippen LogP contribution < -0.4 is 27.6 Å². The van der Waals surface area contributed by atoms with Gasteiger partial charge in [0.2, 0.25) is 0 Å². The Hall–Kier alpha value is -5.42. The van der Waals surface area contributed by atoms with Crippen molar-refractivity contribution in [1.29, 1.82) is 0 Å². The number of rotatable bonds is 0. The third-order valence-corrected chi connectivity index (χ3v) is 12.5. The predicted molar refractivity (Wildman–Crippen MR) is 233 cm³/mol. The van der Waals surface area contributed by atoms with Crippen molar-refractivity contribution in [2.24, 2.45) is 0 Å². The largest absolute Gasteiger partial charge is 0.456 e. The Balaban J connectivity index is 1.61. The molecule has 2 unspecified atom stereocenters. The highest BCUT2D eigenvalue weighted by Crippen LogP contribution is 2.60. The van der Waals surface area contributed by atoms with E-state index in [-0.39, 0.29) is 5.75 Å². The summed E-state index contributed by atoms with van der Waals surface area (Å²) in [6, 6.07) is 30.4. The maximum Gasteiger partial charge on any atom is 0.419 e. The van der Waals surface area contributed by atoms with E-state index in [4.69, 9.17) is 27.6 Å². The van der Waals surface area contributed by atoms with Crippen LogP contribution in [0.5, 0.6) is 46.0 Å². The summed E-state index contributed by atoms with van der Waals surface area (Å²) in [7, 11) is -6.59. The molecule has 8 nitrogen and oxygen atoms in total. The number of hydrogen-bond donors (Lipinski definition) is 0. The van der Waals surface area contributed by atoms with E-state index in [1.165, 1.54) is 0 Å². The van der Waals surface area contributed by atoms with E-state index in [1.54, 1.807) is 12.1 Å². The molecule has 58 heavy (non-hydrogen) atoms. The molecule has 0 fully saturated rings. The normalized spacial score (nSPS) is 16.0. The molecule has 0 aromatic heterocycles. The van der Waals surface area contributed by atoms with Gasteiger partial charge in [-0.3, -0.25) is 0 Å². The Kier molecular flexibility index (Phi) is 10.0. The molecule has 6 aromatic carbocycles. The van der Waals surface area contributed by atoms with E-state index < -0.39 is 27.3 Å². The quantitative estimate of drug-likeness (QED) is 0.140. The molecule has 0 N–H and O–H groups in total. The average molecular weight is 815 g/mol. The molecule has 0 spiro atoms. The van der Waals surface area contributed by atoms with E-state index in [9.17, 15) is 9.13 Å². The molecule has 2 atom stereocenters. The summed E-state index contributed by atoms with van der Waals surface area (Å²) in [5.74, 6) is 3.72. The fraction of sp³-hybridized carbons (Fsp3) is 0.250. The van der Waals surface area contributed by atoms with E-state index in [1.807, 2.05) is 120 Å². The molecule has 4 aliphatic heterocycles. The van der Waals surface area contributed by atoms with Crippen LogP contribution in [0.15, 0.2) is 97.1 Å². The molecule has 6 aromatic rings. The molecule has 10 heteroatoms. The predicted octanol–water partition coefficient (Wildman–Crippen LogP) is 14.4. The van der Waals surface area contributed by atoms with Crippen LogP contribution in [0, 0.1) is 27.7 Å². The SMILES string of the molecule is Cc1c(C)c2c3c(C(C)(C)C)c1Oc1ccccc1-c1ccccc1O[PH](=O)Oc1c(C)c(C)c-2c(c1C(C)(C)C)O[PH](=O)Oc1ccccc1-c1ccccc1O3. The average Bonchev–Trinajstić information content (AvgIpc) is 3.16. The molecule has 298 valence electrons. The van der Waals surface area contributed by atoms with Crippen LogP contribution in [0.25, 0.3) is 33.4 Å². The molecular formula is C48H48O8P2. The molecule has 10 rings (SSSR count). The Morgan fingerprint density at radius 2 is 0.707 bits per heavy atom. The second kappa shape index (κ2) is 14.8. The third-order valence-electron chi connectivity index (χ3n) is 11.0. The zero-order valence-corrected chi connectivity index (χ0v) is 36.5. The first-order valence-corrected chi connectivity index (χ1v) is 21.9. The maximum absolute atomic E-state index is 14.5. The first-order valence-electron chi connectivity index (χ1n) is 19.4. The van der Waals surface area contributed by atoms with Gasteiger partial charge in [0.1, 0.15) is 46.0 Å². The highest BCUT2D eigenvalue weighted by Gasteiger charge is 2.39. The van der Waals surface area contributed by atoms with Gasteiger partial charge in [-0.25, -0.2) is 9.13 Å². The lowest BCUT2D eigenvalue weighted by Gasteiger charge is -2.34. The van der Waals surface area contributed by atoms with E-state index in [0.29, 0.717) is 62.5 Å². The van der Waals surface area contributed by atoms with Crippen molar-refractivity contribution in [3.8, 4) is 79.4 Å².